The molecule has 0 radical (unpaired) electrons. The van der Waals surface area contributed by atoms with Crippen LogP contribution < -0.4 is 11.5 Å². The lowest BCUT2D eigenvalue weighted by Crippen LogP contribution is -2.37. The molecule has 0 fully saturated rings. The Kier molecular flexibility index (Phi) is 8.82. The van der Waals surface area contributed by atoms with E-state index in [1.165, 1.54) is 0 Å². The lowest BCUT2D eigenvalue weighted by Gasteiger charge is -2.08. The summed E-state index contributed by atoms with van der Waals surface area (Å²) in [7, 11) is 0. The molecule has 0 rings (SSSR count). The molecule has 18 heavy (non-hydrogen) atoms. The maximum atomic E-state index is 11.3. The molecular formula is C12H22N2O4. The number of carbonyl (C=O) groups is 3. The van der Waals surface area contributed by atoms with E-state index in [-0.39, 0.29) is 12.8 Å². The zero-order chi connectivity index (χ0) is 14.0. The van der Waals surface area contributed by atoms with Crippen molar-refractivity contribution in [2.75, 3.05) is 0 Å². The molecular weight excluding hydrogens is 236 g/mol. The number of amides is 1. The van der Waals surface area contributed by atoms with Gasteiger partial charge >= 0.3 is 11.9 Å². The highest BCUT2D eigenvalue weighted by Crippen LogP contribution is 2.06. The summed E-state index contributed by atoms with van der Waals surface area (Å²) < 4.78 is 4.51. The van der Waals surface area contributed by atoms with Gasteiger partial charge in [0.05, 0.1) is 6.42 Å². The van der Waals surface area contributed by atoms with Gasteiger partial charge in [-0.3, -0.25) is 9.59 Å². The Morgan fingerprint density at radius 3 is 2.28 bits per heavy atom. The number of nitrogens with two attached hydrogens (primary N) is 2. The van der Waals surface area contributed by atoms with E-state index in [4.69, 9.17) is 11.5 Å². The fourth-order valence-electron chi connectivity index (χ4n) is 1.41. The summed E-state index contributed by atoms with van der Waals surface area (Å²) in [4.78, 5) is 33.0. The molecule has 0 aliphatic carbocycles. The summed E-state index contributed by atoms with van der Waals surface area (Å²) >= 11 is 0. The van der Waals surface area contributed by atoms with Crippen molar-refractivity contribution in [2.45, 2.75) is 57.9 Å². The average Bonchev–Trinajstić information content (AvgIpc) is 2.27. The van der Waals surface area contributed by atoms with Gasteiger partial charge in [-0.25, -0.2) is 4.79 Å². The minimum atomic E-state index is -1.16. The van der Waals surface area contributed by atoms with Crippen LogP contribution in [0.1, 0.15) is 51.9 Å². The van der Waals surface area contributed by atoms with Crippen molar-refractivity contribution in [3.8, 4) is 0 Å². The zero-order valence-corrected chi connectivity index (χ0v) is 10.8. The molecule has 0 heterocycles. The molecule has 4 N–H and O–H groups in total. The summed E-state index contributed by atoms with van der Waals surface area (Å²) in [6, 6.07) is -1.16. The first-order valence-electron chi connectivity index (χ1n) is 6.25. The highest BCUT2D eigenvalue weighted by Gasteiger charge is 2.20. The van der Waals surface area contributed by atoms with E-state index in [9.17, 15) is 14.4 Å². The topological polar surface area (TPSA) is 112 Å². The summed E-state index contributed by atoms with van der Waals surface area (Å²) in [5.41, 5.74) is 10.2. The van der Waals surface area contributed by atoms with Crippen molar-refractivity contribution >= 4 is 17.8 Å². The Bertz CT molecular complexity index is 292. The van der Waals surface area contributed by atoms with Crippen molar-refractivity contribution < 1.29 is 19.1 Å². The number of primary amides is 1. The van der Waals surface area contributed by atoms with Gasteiger partial charge in [-0.15, -0.1) is 0 Å². The second kappa shape index (κ2) is 9.58. The third-order valence-corrected chi connectivity index (χ3v) is 2.42. The average molecular weight is 258 g/mol. The van der Waals surface area contributed by atoms with Gasteiger partial charge in [-0.2, -0.15) is 0 Å². The predicted octanol–water partition coefficient (Wildman–Crippen LogP) is 0.619. The number of unbranched alkanes of at least 4 members (excludes halogenated alkanes) is 4. The number of ether oxygens (including phenoxy) is 1. The highest BCUT2D eigenvalue weighted by molar-refractivity contribution is 5.91. The van der Waals surface area contributed by atoms with Gasteiger partial charge < -0.3 is 16.2 Å². The number of esters is 2. The Morgan fingerprint density at radius 2 is 1.72 bits per heavy atom. The second-order valence-corrected chi connectivity index (χ2v) is 4.23. The minimum Gasteiger partial charge on any atom is -0.392 e. The molecule has 0 aliphatic rings. The maximum absolute atomic E-state index is 11.3. The zero-order valence-electron chi connectivity index (χ0n) is 10.8. The Hall–Kier alpha value is -1.43. The van der Waals surface area contributed by atoms with E-state index in [1.54, 1.807) is 0 Å². The molecule has 0 aromatic heterocycles. The summed E-state index contributed by atoms with van der Waals surface area (Å²) in [6.45, 7) is 2.10. The lowest BCUT2D eigenvalue weighted by atomic mass is 10.1. The van der Waals surface area contributed by atoms with Crippen LogP contribution in [0.15, 0.2) is 0 Å². The molecule has 1 amide bonds. The molecule has 0 saturated heterocycles. The van der Waals surface area contributed by atoms with Crippen LogP contribution in [0, 0.1) is 0 Å². The van der Waals surface area contributed by atoms with Gasteiger partial charge in [0.1, 0.15) is 6.04 Å². The van der Waals surface area contributed by atoms with Crippen molar-refractivity contribution in [3.05, 3.63) is 0 Å². The Balaban J connectivity index is 3.73. The van der Waals surface area contributed by atoms with Crippen LogP contribution in [0.5, 0.6) is 0 Å². The smallest absolute Gasteiger partial charge is 0.331 e. The molecule has 0 aromatic rings. The highest BCUT2D eigenvalue weighted by atomic mass is 16.6. The van der Waals surface area contributed by atoms with Gasteiger partial charge in [0.2, 0.25) is 5.91 Å². The number of hydrogen-bond acceptors (Lipinski definition) is 5. The van der Waals surface area contributed by atoms with Gasteiger partial charge in [0, 0.05) is 6.42 Å². The van der Waals surface area contributed by atoms with Crippen LogP contribution in [0.3, 0.4) is 0 Å². The van der Waals surface area contributed by atoms with E-state index in [0.29, 0.717) is 6.42 Å². The van der Waals surface area contributed by atoms with Crippen LogP contribution in [-0.4, -0.2) is 23.9 Å². The molecule has 1 atom stereocenters. The Morgan fingerprint density at radius 1 is 1.11 bits per heavy atom. The molecule has 0 bridgehead atoms. The predicted molar refractivity (Wildman–Crippen MR) is 66.3 cm³/mol. The lowest BCUT2D eigenvalue weighted by molar-refractivity contribution is -0.161. The fourth-order valence-corrected chi connectivity index (χ4v) is 1.41. The van der Waals surface area contributed by atoms with E-state index in [2.05, 4.69) is 11.7 Å². The summed E-state index contributed by atoms with van der Waals surface area (Å²) in [5, 5.41) is 0. The quantitative estimate of drug-likeness (QED) is 0.357. The largest absolute Gasteiger partial charge is 0.392 e. The van der Waals surface area contributed by atoms with Gasteiger partial charge in [0.15, 0.2) is 0 Å². The maximum Gasteiger partial charge on any atom is 0.331 e. The van der Waals surface area contributed by atoms with Crippen LogP contribution in [0.25, 0.3) is 0 Å². The van der Waals surface area contributed by atoms with E-state index >= 15 is 0 Å². The van der Waals surface area contributed by atoms with Gasteiger partial charge in [-0.1, -0.05) is 32.6 Å². The number of carbonyl (C=O) groups excluding carboxylic acids is 3. The summed E-state index contributed by atoms with van der Waals surface area (Å²) in [6.07, 6.45) is 4.84. The van der Waals surface area contributed by atoms with E-state index in [0.717, 1.165) is 25.7 Å². The van der Waals surface area contributed by atoms with Crippen LogP contribution >= 0.6 is 0 Å². The first-order valence-corrected chi connectivity index (χ1v) is 6.25. The van der Waals surface area contributed by atoms with E-state index in [1.807, 2.05) is 0 Å². The van der Waals surface area contributed by atoms with Crippen LogP contribution in [0.4, 0.5) is 0 Å². The monoisotopic (exact) mass is 258 g/mol. The van der Waals surface area contributed by atoms with Crippen molar-refractivity contribution in [1.29, 1.82) is 0 Å². The number of rotatable bonds is 9. The summed E-state index contributed by atoms with van der Waals surface area (Å²) in [5.74, 6) is -2.20. The third kappa shape index (κ3) is 8.69. The molecule has 0 aromatic carbocycles. The van der Waals surface area contributed by atoms with Crippen molar-refractivity contribution in [3.63, 3.8) is 0 Å². The first-order chi connectivity index (χ1) is 8.47. The molecule has 0 saturated carbocycles. The van der Waals surface area contributed by atoms with Crippen molar-refractivity contribution in [1.82, 2.24) is 0 Å². The van der Waals surface area contributed by atoms with Gasteiger partial charge in [0.25, 0.3) is 0 Å². The molecule has 6 nitrogen and oxygen atoms in total. The number of hydrogen-bond donors (Lipinski definition) is 2. The molecule has 0 spiro atoms. The van der Waals surface area contributed by atoms with E-state index < -0.39 is 23.9 Å². The molecule has 6 heteroatoms. The third-order valence-electron chi connectivity index (χ3n) is 2.42. The molecule has 1 unspecified atom stereocenters. The Labute approximate surface area is 107 Å². The second-order valence-electron chi connectivity index (χ2n) is 4.23. The normalized spacial score (nSPS) is 11.9. The minimum absolute atomic E-state index is 0.193. The van der Waals surface area contributed by atoms with Crippen LogP contribution in [0.2, 0.25) is 0 Å². The van der Waals surface area contributed by atoms with Gasteiger partial charge in [-0.05, 0) is 6.42 Å². The molecule has 0 aliphatic heterocycles. The van der Waals surface area contributed by atoms with Crippen molar-refractivity contribution in [2.24, 2.45) is 11.5 Å². The standard InChI is InChI=1S/C12H22N2O4/c1-2-3-4-5-6-7-11(16)18-12(17)9(13)8-10(14)15/h9H,2-8,13H2,1H3,(H2,14,15). The fraction of sp³-hybridized carbons (Fsp3) is 0.750. The van der Waals surface area contributed by atoms with Crippen LogP contribution in [-0.2, 0) is 19.1 Å². The first kappa shape index (κ1) is 16.6. The molecule has 104 valence electrons. The SMILES string of the molecule is CCCCCCCC(=O)OC(=O)C(N)CC(N)=O.